The van der Waals surface area contributed by atoms with Gasteiger partial charge in [0.15, 0.2) is 10.5 Å². The molecular formula is C15H16BrN5O. The summed E-state index contributed by atoms with van der Waals surface area (Å²) in [7, 11) is 1.95. The van der Waals surface area contributed by atoms with Crippen LogP contribution in [0.1, 0.15) is 17.1 Å². The van der Waals surface area contributed by atoms with Crippen molar-refractivity contribution in [3.05, 3.63) is 52.4 Å². The lowest BCUT2D eigenvalue weighted by molar-refractivity contribution is 0.485. The molecular weight excluding hydrogens is 346 g/mol. The Balaban J connectivity index is 1.85. The van der Waals surface area contributed by atoms with Gasteiger partial charge in [-0.25, -0.2) is 9.67 Å². The van der Waals surface area contributed by atoms with Gasteiger partial charge in [-0.3, -0.25) is 4.98 Å². The number of hydrogen-bond donors (Lipinski definition) is 0. The topological polar surface area (TPSA) is 60.0 Å². The van der Waals surface area contributed by atoms with Crippen LogP contribution in [0.2, 0.25) is 0 Å². The van der Waals surface area contributed by atoms with Crippen molar-refractivity contribution >= 4 is 21.7 Å². The monoisotopic (exact) mass is 361 g/mol. The van der Waals surface area contributed by atoms with Gasteiger partial charge in [-0.1, -0.05) is 0 Å². The molecule has 0 N–H and O–H groups in total. The minimum Gasteiger partial charge on any atom is -0.452 e. The van der Waals surface area contributed by atoms with E-state index in [0.29, 0.717) is 12.4 Å². The molecule has 0 atom stereocenters. The predicted molar refractivity (Wildman–Crippen MR) is 87.1 cm³/mol. The molecule has 0 aliphatic heterocycles. The Morgan fingerprint density at radius 2 is 2.09 bits per heavy atom. The van der Waals surface area contributed by atoms with Crippen molar-refractivity contribution in [2.24, 2.45) is 0 Å². The summed E-state index contributed by atoms with van der Waals surface area (Å²) in [6.07, 6.45) is 3.44. The quantitative estimate of drug-likeness (QED) is 0.713. The second kappa shape index (κ2) is 5.92. The van der Waals surface area contributed by atoms with Crippen LogP contribution in [0.4, 0.5) is 5.82 Å². The maximum atomic E-state index is 5.52. The van der Waals surface area contributed by atoms with Gasteiger partial charge in [-0.05, 0) is 48.0 Å². The number of halogens is 1. The fourth-order valence-corrected chi connectivity index (χ4v) is 2.58. The van der Waals surface area contributed by atoms with Gasteiger partial charge in [0.2, 0.25) is 0 Å². The van der Waals surface area contributed by atoms with E-state index < -0.39 is 0 Å². The molecule has 0 radical (unpaired) electrons. The van der Waals surface area contributed by atoms with Gasteiger partial charge in [0.05, 0.1) is 24.6 Å². The maximum Gasteiger partial charge on any atom is 0.174 e. The van der Waals surface area contributed by atoms with Crippen molar-refractivity contribution in [1.82, 2.24) is 19.7 Å². The highest BCUT2D eigenvalue weighted by Gasteiger charge is 2.10. The summed E-state index contributed by atoms with van der Waals surface area (Å²) >= 11 is 3.31. The van der Waals surface area contributed by atoms with E-state index in [2.05, 4.69) is 31.0 Å². The summed E-state index contributed by atoms with van der Waals surface area (Å²) in [5.74, 6) is 2.32. The Labute approximate surface area is 136 Å². The van der Waals surface area contributed by atoms with E-state index >= 15 is 0 Å². The van der Waals surface area contributed by atoms with Gasteiger partial charge < -0.3 is 9.32 Å². The predicted octanol–water partition coefficient (Wildman–Crippen LogP) is 3.27. The summed E-state index contributed by atoms with van der Waals surface area (Å²) in [6.45, 7) is 4.57. The van der Waals surface area contributed by atoms with Crippen LogP contribution >= 0.6 is 15.9 Å². The van der Waals surface area contributed by atoms with Crippen LogP contribution in [0.15, 0.2) is 39.7 Å². The largest absolute Gasteiger partial charge is 0.452 e. The third kappa shape index (κ3) is 3.04. The van der Waals surface area contributed by atoms with E-state index in [0.717, 1.165) is 27.6 Å². The summed E-state index contributed by atoms with van der Waals surface area (Å²) in [5.41, 5.74) is 1.99. The average Bonchev–Trinajstić information content (AvgIpc) is 3.04. The maximum absolute atomic E-state index is 5.52. The van der Waals surface area contributed by atoms with Crippen molar-refractivity contribution < 1.29 is 4.42 Å². The minimum atomic E-state index is 0.612. The van der Waals surface area contributed by atoms with Gasteiger partial charge >= 0.3 is 0 Å². The second-order valence-corrected chi connectivity index (χ2v) is 5.92. The molecule has 3 aromatic heterocycles. The van der Waals surface area contributed by atoms with E-state index in [1.54, 1.807) is 17.1 Å². The molecule has 6 nitrogen and oxygen atoms in total. The highest BCUT2D eigenvalue weighted by atomic mass is 79.9. The molecule has 0 unspecified atom stereocenters. The Morgan fingerprint density at radius 1 is 1.27 bits per heavy atom. The number of furan rings is 1. The number of anilines is 1. The number of nitrogens with zero attached hydrogens (tertiary/aromatic N) is 5. The molecule has 0 aliphatic carbocycles. The lowest BCUT2D eigenvalue weighted by atomic mass is 10.4. The van der Waals surface area contributed by atoms with Crippen molar-refractivity contribution in [3.63, 3.8) is 0 Å². The summed E-state index contributed by atoms with van der Waals surface area (Å²) in [6, 6.07) is 5.82. The van der Waals surface area contributed by atoms with Gasteiger partial charge in [-0.15, -0.1) is 0 Å². The zero-order valence-corrected chi connectivity index (χ0v) is 14.2. The molecule has 0 fully saturated rings. The molecule has 0 saturated heterocycles. The van der Waals surface area contributed by atoms with Crippen LogP contribution in [0.3, 0.4) is 0 Å². The van der Waals surface area contributed by atoms with E-state index in [1.807, 2.05) is 44.0 Å². The SMILES string of the molecule is Cc1cc(C)n(-c2cncc(N(C)Cc3ccc(Br)o3)n2)n1. The van der Waals surface area contributed by atoms with Crippen LogP contribution in [0.5, 0.6) is 0 Å². The Kier molecular flexibility index (Phi) is 3.98. The molecule has 3 heterocycles. The van der Waals surface area contributed by atoms with Crippen LogP contribution in [0, 0.1) is 13.8 Å². The number of hydrogen-bond acceptors (Lipinski definition) is 5. The molecule has 0 spiro atoms. The Morgan fingerprint density at radius 3 is 2.73 bits per heavy atom. The van der Waals surface area contributed by atoms with E-state index in [1.165, 1.54) is 0 Å². The smallest absolute Gasteiger partial charge is 0.174 e. The molecule has 0 aliphatic rings. The molecule has 3 aromatic rings. The first kappa shape index (κ1) is 14.8. The van der Waals surface area contributed by atoms with E-state index in [-0.39, 0.29) is 0 Å². The third-order valence-electron chi connectivity index (χ3n) is 3.25. The fourth-order valence-electron chi connectivity index (χ4n) is 2.24. The lowest BCUT2D eigenvalue weighted by Crippen LogP contribution is -2.18. The molecule has 22 heavy (non-hydrogen) atoms. The summed E-state index contributed by atoms with van der Waals surface area (Å²) in [5, 5.41) is 4.44. The van der Waals surface area contributed by atoms with Crippen LogP contribution in [-0.2, 0) is 6.54 Å². The van der Waals surface area contributed by atoms with E-state index in [9.17, 15) is 0 Å². The Bertz CT molecular complexity index is 795. The molecule has 0 bridgehead atoms. The van der Waals surface area contributed by atoms with Gasteiger partial charge in [0.25, 0.3) is 0 Å². The average molecular weight is 362 g/mol. The molecule has 7 heteroatoms. The first-order chi connectivity index (χ1) is 10.5. The number of aryl methyl sites for hydroxylation is 2. The van der Waals surface area contributed by atoms with Crippen molar-refractivity contribution in [1.29, 1.82) is 0 Å². The molecule has 0 saturated carbocycles. The van der Waals surface area contributed by atoms with Crippen LogP contribution < -0.4 is 4.90 Å². The third-order valence-corrected chi connectivity index (χ3v) is 3.67. The zero-order valence-electron chi connectivity index (χ0n) is 12.6. The molecule has 114 valence electrons. The lowest BCUT2D eigenvalue weighted by Gasteiger charge is -2.17. The van der Waals surface area contributed by atoms with E-state index in [4.69, 9.17) is 4.42 Å². The van der Waals surface area contributed by atoms with Gasteiger partial charge in [-0.2, -0.15) is 5.10 Å². The second-order valence-electron chi connectivity index (χ2n) is 5.14. The zero-order chi connectivity index (χ0) is 15.7. The molecule has 0 amide bonds. The van der Waals surface area contributed by atoms with Crippen molar-refractivity contribution in [2.45, 2.75) is 20.4 Å². The summed E-state index contributed by atoms with van der Waals surface area (Å²) < 4.78 is 8.04. The normalized spacial score (nSPS) is 10.9. The Hall–Kier alpha value is -2.15. The minimum absolute atomic E-state index is 0.612. The van der Waals surface area contributed by atoms with Crippen LogP contribution in [-0.4, -0.2) is 26.8 Å². The first-order valence-electron chi connectivity index (χ1n) is 6.84. The standard InChI is InChI=1S/C15H16BrN5O/c1-10-6-11(2)21(19-10)15-8-17-7-14(18-15)20(3)9-12-4-5-13(16)22-12/h4-8H,9H2,1-3H3. The number of aromatic nitrogens is 4. The van der Waals surface area contributed by atoms with Gasteiger partial charge in [0, 0.05) is 12.7 Å². The highest BCUT2D eigenvalue weighted by Crippen LogP contribution is 2.18. The first-order valence-corrected chi connectivity index (χ1v) is 7.63. The fraction of sp³-hybridized carbons (Fsp3) is 0.267. The highest BCUT2D eigenvalue weighted by molar-refractivity contribution is 9.10. The molecule has 0 aromatic carbocycles. The number of rotatable bonds is 4. The van der Waals surface area contributed by atoms with Crippen molar-refractivity contribution in [3.8, 4) is 5.82 Å². The van der Waals surface area contributed by atoms with Gasteiger partial charge in [0.1, 0.15) is 11.6 Å². The molecule has 3 rings (SSSR count). The van der Waals surface area contributed by atoms with Crippen LogP contribution in [0.25, 0.3) is 5.82 Å². The summed E-state index contributed by atoms with van der Waals surface area (Å²) in [4.78, 5) is 10.9. The van der Waals surface area contributed by atoms with Crippen molar-refractivity contribution in [2.75, 3.05) is 11.9 Å².